The highest BCUT2D eigenvalue weighted by molar-refractivity contribution is 6.11. The van der Waals surface area contributed by atoms with E-state index in [-0.39, 0.29) is 18.5 Å². The lowest BCUT2D eigenvalue weighted by Crippen LogP contribution is -2.46. The average molecular weight is 488 g/mol. The molecule has 4 rings (SSSR count). The fraction of sp³-hybridized carbons (Fsp3) is 0.250. The molecule has 0 spiro atoms. The van der Waals surface area contributed by atoms with Gasteiger partial charge in [0.15, 0.2) is 5.54 Å². The van der Waals surface area contributed by atoms with E-state index in [4.69, 9.17) is 9.47 Å². The first kappa shape index (κ1) is 24.8. The van der Waals surface area contributed by atoms with E-state index in [1.807, 2.05) is 37.3 Å². The standard InChI is InChI=1S/C28H29N3O5/c1-19(20-8-6-5-7-9-20)30(2)25(32)18-31-26(33)28(29-27(31)34,21-10-14-23(35-3)15-11-21)22-12-16-24(36-4)17-13-22/h5-17,19H,18H2,1-4H3,(H,29,34). The first-order chi connectivity index (χ1) is 17.3. The summed E-state index contributed by atoms with van der Waals surface area (Å²) in [6, 6.07) is 22.5. The maximum atomic E-state index is 14.0. The third-order valence-corrected chi connectivity index (χ3v) is 6.70. The Kier molecular flexibility index (Phi) is 6.96. The van der Waals surface area contributed by atoms with Crippen LogP contribution in [0.5, 0.6) is 11.5 Å². The van der Waals surface area contributed by atoms with Crippen LogP contribution in [-0.2, 0) is 15.1 Å². The Labute approximate surface area is 210 Å². The molecule has 0 saturated carbocycles. The Morgan fingerprint density at radius 2 is 1.39 bits per heavy atom. The molecule has 1 aliphatic heterocycles. The van der Waals surface area contributed by atoms with E-state index in [2.05, 4.69) is 5.32 Å². The van der Waals surface area contributed by atoms with E-state index in [0.717, 1.165) is 10.5 Å². The third-order valence-electron chi connectivity index (χ3n) is 6.70. The minimum Gasteiger partial charge on any atom is -0.497 e. The quantitative estimate of drug-likeness (QED) is 0.490. The van der Waals surface area contributed by atoms with E-state index < -0.39 is 17.5 Å². The van der Waals surface area contributed by atoms with Gasteiger partial charge < -0.3 is 19.7 Å². The molecule has 1 N–H and O–H groups in total. The van der Waals surface area contributed by atoms with E-state index >= 15 is 0 Å². The van der Waals surface area contributed by atoms with Gasteiger partial charge >= 0.3 is 6.03 Å². The number of hydrogen-bond acceptors (Lipinski definition) is 5. The van der Waals surface area contributed by atoms with Crippen molar-refractivity contribution in [3.05, 3.63) is 95.6 Å². The summed E-state index contributed by atoms with van der Waals surface area (Å²) in [5.74, 6) is 0.347. The monoisotopic (exact) mass is 487 g/mol. The molecule has 0 aliphatic carbocycles. The molecule has 0 aromatic heterocycles. The SMILES string of the molecule is COc1ccc(C2(c3ccc(OC)cc3)NC(=O)N(CC(=O)N(C)C(C)c3ccccc3)C2=O)cc1. The lowest BCUT2D eigenvalue weighted by atomic mass is 9.82. The molecule has 4 amide bonds. The van der Waals surface area contributed by atoms with E-state index in [1.165, 1.54) is 4.90 Å². The second kappa shape index (κ2) is 10.1. The zero-order valence-electron chi connectivity index (χ0n) is 20.7. The number of amides is 4. The third kappa shape index (κ3) is 4.37. The van der Waals surface area contributed by atoms with Gasteiger partial charge in [-0.05, 0) is 47.9 Å². The summed E-state index contributed by atoms with van der Waals surface area (Å²) >= 11 is 0. The first-order valence-electron chi connectivity index (χ1n) is 11.6. The van der Waals surface area contributed by atoms with E-state index in [9.17, 15) is 14.4 Å². The highest BCUT2D eigenvalue weighted by atomic mass is 16.5. The molecule has 36 heavy (non-hydrogen) atoms. The number of imide groups is 1. The van der Waals surface area contributed by atoms with Gasteiger partial charge in [0.25, 0.3) is 5.91 Å². The van der Waals surface area contributed by atoms with Gasteiger partial charge in [-0.3, -0.25) is 14.5 Å². The van der Waals surface area contributed by atoms with Crippen molar-refractivity contribution in [2.45, 2.75) is 18.5 Å². The van der Waals surface area contributed by atoms with Gasteiger partial charge in [0.05, 0.1) is 20.3 Å². The van der Waals surface area contributed by atoms with Crippen molar-refractivity contribution in [3.63, 3.8) is 0 Å². The second-order valence-corrected chi connectivity index (χ2v) is 8.62. The molecular weight excluding hydrogens is 458 g/mol. The van der Waals surface area contributed by atoms with Gasteiger partial charge in [0.1, 0.15) is 18.0 Å². The minimum atomic E-state index is -1.50. The van der Waals surface area contributed by atoms with Gasteiger partial charge in [0.2, 0.25) is 5.91 Å². The predicted octanol–water partition coefficient (Wildman–Crippen LogP) is 3.72. The lowest BCUT2D eigenvalue weighted by Gasteiger charge is -2.29. The van der Waals surface area contributed by atoms with Crippen LogP contribution < -0.4 is 14.8 Å². The summed E-state index contributed by atoms with van der Waals surface area (Å²) < 4.78 is 10.5. The normalized spacial score (nSPS) is 15.3. The number of urea groups is 1. The Bertz CT molecular complexity index is 1190. The second-order valence-electron chi connectivity index (χ2n) is 8.62. The van der Waals surface area contributed by atoms with E-state index in [1.54, 1.807) is 69.8 Å². The number of benzene rings is 3. The summed E-state index contributed by atoms with van der Waals surface area (Å²) in [7, 11) is 4.77. The molecule has 0 bridgehead atoms. The highest BCUT2D eigenvalue weighted by Crippen LogP contribution is 2.37. The van der Waals surface area contributed by atoms with Gasteiger partial charge in [0, 0.05) is 7.05 Å². The van der Waals surface area contributed by atoms with Crippen LogP contribution >= 0.6 is 0 Å². The van der Waals surface area contributed by atoms with Crippen LogP contribution in [0.2, 0.25) is 0 Å². The van der Waals surface area contributed by atoms with Crippen molar-refractivity contribution in [1.82, 2.24) is 15.1 Å². The van der Waals surface area contributed by atoms with Crippen LogP contribution in [0.3, 0.4) is 0 Å². The Balaban J connectivity index is 1.67. The van der Waals surface area contributed by atoms with Crippen LogP contribution in [0.25, 0.3) is 0 Å². The number of methoxy groups -OCH3 is 2. The number of carbonyl (C=O) groups is 3. The zero-order valence-corrected chi connectivity index (χ0v) is 20.7. The summed E-state index contributed by atoms with van der Waals surface area (Å²) in [6.45, 7) is 1.52. The van der Waals surface area contributed by atoms with Crippen LogP contribution in [0.15, 0.2) is 78.9 Å². The smallest absolute Gasteiger partial charge is 0.326 e. The number of rotatable bonds is 8. The maximum absolute atomic E-state index is 14.0. The number of ether oxygens (including phenoxy) is 2. The summed E-state index contributed by atoms with van der Waals surface area (Å²) in [6.07, 6.45) is 0. The Hall–Kier alpha value is -4.33. The van der Waals surface area contributed by atoms with Crippen LogP contribution in [-0.4, -0.2) is 55.5 Å². The Morgan fingerprint density at radius 3 is 1.86 bits per heavy atom. The topological polar surface area (TPSA) is 88.2 Å². The number of nitrogens with zero attached hydrogens (tertiary/aromatic N) is 2. The summed E-state index contributed by atoms with van der Waals surface area (Å²) in [5.41, 5.74) is 0.552. The molecule has 3 aromatic carbocycles. The van der Waals surface area contributed by atoms with Crippen molar-refractivity contribution in [2.24, 2.45) is 0 Å². The fourth-order valence-electron chi connectivity index (χ4n) is 4.38. The van der Waals surface area contributed by atoms with E-state index in [0.29, 0.717) is 22.6 Å². The van der Waals surface area contributed by atoms with Crippen molar-refractivity contribution < 1.29 is 23.9 Å². The predicted molar refractivity (Wildman–Crippen MR) is 135 cm³/mol. The van der Waals surface area contributed by atoms with Gasteiger partial charge in [-0.2, -0.15) is 0 Å². The molecule has 0 radical (unpaired) electrons. The zero-order chi connectivity index (χ0) is 25.9. The fourth-order valence-corrected chi connectivity index (χ4v) is 4.38. The number of carbonyl (C=O) groups excluding carboxylic acids is 3. The van der Waals surface area contributed by atoms with Crippen molar-refractivity contribution in [3.8, 4) is 11.5 Å². The first-order valence-corrected chi connectivity index (χ1v) is 11.6. The van der Waals surface area contributed by atoms with Gasteiger partial charge in [-0.1, -0.05) is 54.6 Å². The highest BCUT2D eigenvalue weighted by Gasteiger charge is 2.54. The molecule has 8 heteroatoms. The molecule has 1 saturated heterocycles. The van der Waals surface area contributed by atoms with Gasteiger partial charge in [-0.25, -0.2) is 4.79 Å². The van der Waals surface area contributed by atoms with Crippen LogP contribution in [0.1, 0.15) is 29.7 Å². The summed E-state index contributed by atoms with van der Waals surface area (Å²) in [5, 5.41) is 2.87. The van der Waals surface area contributed by atoms with Gasteiger partial charge in [-0.15, -0.1) is 0 Å². The average Bonchev–Trinajstić information content (AvgIpc) is 3.18. The molecular formula is C28H29N3O5. The van der Waals surface area contributed by atoms with Crippen molar-refractivity contribution in [2.75, 3.05) is 27.8 Å². The summed E-state index contributed by atoms with van der Waals surface area (Å²) in [4.78, 5) is 42.8. The van der Waals surface area contributed by atoms with Crippen molar-refractivity contribution in [1.29, 1.82) is 0 Å². The molecule has 3 aromatic rings. The number of hydrogen-bond donors (Lipinski definition) is 1. The number of likely N-dealkylation sites (N-methyl/N-ethyl adjacent to an activating group) is 1. The van der Waals surface area contributed by atoms with Crippen molar-refractivity contribution >= 4 is 17.8 Å². The lowest BCUT2D eigenvalue weighted by molar-refractivity contribution is -0.138. The molecule has 1 unspecified atom stereocenters. The molecule has 1 heterocycles. The molecule has 8 nitrogen and oxygen atoms in total. The molecule has 186 valence electrons. The minimum absolute atomic E-state index is 0.229. The maximum Gasteiger partial charge on any atom is 0.326 e. The molecule has 1 atom stereocenters. The molecule has 1 aliphatic rings. The number of nitrogens with one attached hydrogen (secondary N) is 1. The van der Waals surface area contributed by atoms with Crippen LogP contribution in [0.4, 0.5) is 4.79 Å². The largest absolute Gasteiger partial charge is 0.497 e. The Morgan fingerprint density at radius 1 is 0.889 bits per heavy atom. The molecule has 1 fully saturated rings. The van der Waals surface area contributed by atoms with Crippen LogP contribution in [0, 0.1) is 0 Å².